The van der Waals surface area contributed by atoms with Crippen LogP contribution in [0, 0.1) is 11.6 Å². The number of ether oxygens (including phenoxy) is 1. The highest BCUT2D eigenvalue weighted by Gasteiger charge is 2.06. The Morgan fingerprint density at radius 2 is 2.00 bits per heavy atom. The predicted octanol–water partition coefficient (Wildman–Crippen LogP) is 2.41. The Balaban J connectivity index is 1.70. The van der Waals surface area contributed by atoms with Gasteiger partial charge in [-0.25, -0.2) is 8.78 Å². The summed E-state index contributed by atoms with van der Waals surface area (Å²) in [7, 11) is 1.69. The summed E-state index contributed by atoms with van der Waals surface area (Å²) >= 11 is 0. The van der Waals surface area contributed by atoms with Crippen molar-refractivity contribution >= 4 is 5.96 Å². The Hall–Kier alpha value is -1.95. The van der Waals surface area contributed by atoms with Crippen molar-refractivity contribution in [1.29, 1.82) is 0 Å². The van der Waals surface area contributed by atoms with E-state index in [-0.39, 0.29) is 5.82 Å². The first-order valence-corrected chi connectivity index (χ1v) is 7.83. The molecule has 1 aromatic carbocycles. The number of halogens is 2. The number of aliphatic imine (C=N–C) groups is 1. The van der Waals surface area contributed by atoms with Crippen LogP contribution >= 0.6 is 0 Å². The van der Waals surface area contributed by atoms with Crippen LogP contribution in [0.15, 0.2) is 34.8 Å². The fourth-order valence-corrected chi connectivity index (χ4v) is 2.41. The van der Waals surface area contributed by atoms with Gasteiger partial charge in [-0.2, -0.15) is 0 Å². The Labute approximate surface area is 135 Å². The molecule has 1 heterocycles. The molecule has 6 heteroatoms. The van der Waals surface area contributed by atoms with Gasteiger partial charge in [0.05, 0.1) is 13.2 Å². The van der Waals surface area contributed by atoms with Gasteiger partial charge in [0.15, 0.2) is 5.96 Å². The number of hydrogen-bond donors (Lipinski definition) is 2. The molecule has 0 spiro atoms. The third-order valence-corrected chi connectivity index (χ3v) is 3.71. The van der Waals surface area contributed by atoms with Gasteiger partial charge in [0.25, 0.3) is 0 Å². The second-order valence-corrected chi connectivity index (χ2v) is 5.35. The van der Waals surface area contributed by atoms with E-state index in [0.29, 0.717) is 31.1 Å². The molecule has 0 aliphatic carbocycles. The van der Waals surface area contributed by atoms with Crippen LogP contribution in [0.5, 0.6) is 0 Å². The largest absolute Gasteiger partial charge is 0.377 e. The number of rotatable bonds is 6. The average Bonchev–Trinajstić information content (AvgIpc) is 2.57. The van der Waals surface area contributed by atoms with E-state index in [1.165, 1.54) is 11.6 Å². The molecule has 0 atom stereocenters. The van der Waals surface area contributed by atoms with Gasteiger partial charge >= 0.3 is 0 Å². The number of guanidine groups is 1. The van der Waals surface area contributed by atoms with Crippen molar-refractivity contribution < 1.29 is 13.5 Å². The fraction of sp³-hybridized carbons (Fsp3) is 0.471. The average molecular weight is 323 g/mol. The van der Waals surface area contributed by atoms with Crippen molar-refractivity contribution in [3.8, 4) is 0 Å². The SMILES string of the molecule is CN=C(NCCC1=CCOCC1)NCCc1cc(F)ccc1F. The van der Waals surface area contributed by atoms with E-state index in [0.717, 1.165) is 38.1 Å². The van der Waals surface area contributed by atoms with Crippen molar-refractivity contribution in [2.75, 3.05) is 33.4 Å². The zero-order valence-electron chi connectivity index (χ0n) is 13.4. The lowest BCUT2D eigenvalue weighted by molar-refractivity contribution is 0.153. The highest BCUT2D eigenvalue weighted by molar-refractivity contribution is 5.79. The Bertz CT molecular complexity index is 573. The molecule has 4 nitrogen and oxygen atoms in total. The van der Waals surface area contributed by atoms with Gasteiger partial charge in [0, 0.05) is 20.1 Å². The maximum absolute atomic E-state index is 13.5. The predicted molar refractivity (Wildman–Crippen MR) is 87.6 cm³/mol. The molecular weight excluding hydrogens is 300 g/mol. The first-order valence-electron chi connectivity index (χ1n) is 7.83. The molecule has 2 rings (SSSR count). The van der Waals surface area contributed by atoms with E-state index >= 15 is 0 Å². The van der Waals surface area contributed by atoms with Crippen LogP contribution in [0.3, 0.4) is 0 Å². The van der Waals surface area contributed by atoms with Crippen LogP contribution in [-0.2, 0) is 11.2 Å². The highest BCUT2D eigenvalue weighted by atomic mass is 19.1. The standard InChI is InChI=1S/C17H23F2N3O/c1-20-17(21-8-4-13-6-10-23-11-7-13)22-9-5-14-12-15(18)2-3-16(14)19/h2-3,6,12H,4-5,7-11H2,1H3,(H2,20,21,22). The van der Waals surface area contributed by atoms with Gasteiger partial charge in [-0.3, -0.25) is 4.99 Å². The lowest BCUT2D eigenvalue weighted by Gasteiger charge is -2.15. The van der Waals surface area contributed by atoms with Gasteiger partial charge in [-0.1, -0.05) is 11.6 Å². The van der Waals surface area contributed by atoms with Crippen LogP contribution in [0.25, 0.3) is 0 Å². The molecule has 0 amide bonds. The van der Waals surface area contributed by atoms with E-state index in [1.54, 1.807) is 7.05 Å². The van der Waals surface area contributed by atoms with E-state index in [4.69, 9.17) is 4.74 Å². The molecule has 0 fully saturated rings. The second kappa shape index (κ2) is 9.25. The summed E-state index contributed by atoms with van der Waals surface area (Å²) in [6.07, 6.45) is 4.44. The van der Waals surface area contributed by atoms with Crippen LogP contribution in [0.4, 0.5) is 8.78 Å². The van der Waals surface area contributed by atoms with Crippen LogP contribution < -0.4 is 10.6 Å². The summed E-state index contributed by atoms with van der Waals surface area (Å²) in [4.78, 5) is 4.12. The molecule has 0 unspecified atom stereocenters. The molecule has 0 radical (unpaired) electrons. The number of nitrogens with one attached hydrogen (secondary N) is 2. The van der Waals surface area contributed by atoms with E-state index in [9.17, 15) is 8.78 Å². The molecule has 1 aliphatic heterocycles. The normalized spacial score (nSPS) is 15.3. The topological polar surface area (TPSA) is 45.7 Å². The molecular formula is C17H23F2N3O. The molecule has 0 saturated carbocycles. The summed E-state index contributed by atoms with van der Waals surface area (Å²) in [5.41, 5.74) is 1.75. The monoisotopic (exact) mass is 323 g/mol. The van der Waals surface area contributed by atoms with Gasteiger partial charge in [0.2, 0.25) is 0 Å². The van der Waals surface area contributed by atoms with Crippen molar-refractivity contribution in [3.63, 3.8) is 0 Å². The third kappa shape index (κ3) is 5.98. The lowest BCUT2D eigenvalue weighted by Crippen LogP contribution is -2.39. The van der Waals surface area contributed by atoms with Crippen molar-refractivity contribution in [3.05, 3.63) is 47.0 Å². The number of benzene rings is 1. The van der Waals surface area contributed by atoms with Gasteiger partial charge in [-0.05, 0) is 43.0 Å². The van der Waals surface area contributed by atoms with Crippen molar-refractivity contribution in [1.82, 2.24) is 10.6 Å². The van der Waals surface area contributed by atoms with E-state index in [2.05, 4.69) is 21.7 Å². The lowest BCUT2D eigenvalue weighted by atomic mass is 10.1. The fourth-order valence-electron chi connectivity index (χ4n) is 2.41. The minimum Gasteiger partial charge on any atom is -0.377 e. The Kier molecular flexibility index (Phi) is 7.00. The number of hydrogen-bond acceptors (Lipinski definition) is 2. The van der Waals surface area contributed by atoms with Crippen LogP contribution in [0.1, 0.15) is 18.4 Å². The minimum atomic E-state index is -0.423. The molecule has 0 bridgehead atoms. The zero-order valence-corrected chi connectivity index (χ0v) is 13.4. The second-order valence-electron chi connectivity index (χ2n) is 5.35. The smallest absolute Gasteiger partial charge is 0.190 e. The molecule has 2 N–H and O–H groups in total. The zero-order chi connectivity index (χ0) is 16.5. The summed E-state index contributed by atoms with van der Waals surface area (Å²) < 4.78 is 31.9. The van der Waals surface area contributed by atoms with E-state index < -0.39 is 5.82 Å². The summed E-state index contributed by atoms with van der Waals surface area (Å²) in [5, 5.41) is 6.33. The van der Waals surface area contributed by atoms with Crippen molar-refractivity contribution in [2.24, 2.45) is 4.99 Å². The van der Waals surface area contributed by atoms with Crippen molar-refractivity contribution in [2.45, 2.75) is 19.3 Å². The van der Waals surface area contributed by atoms with E-state index in [1.807, 2.05) is 0 Å². The molecule has 126 valence electrons. The quantitative estimate of drug-likeness (QED) is 0.480. The molecule has 1 aliphatic rings. The maximum atomic E-state index is 13.5. The molecule has 0 aromatic heterocycles. The summed E-state index contributed by atoms with van der Waals surface area (Å²) in [5.74, 6) is -0.147. The third-order valence-electron chi connectivity index (χ3n) is 3.71. The van der Waals surface area contributed by atoms with Crippen LogP contribution in [-0.4, -0.2) is 39.3 Å². The van der Waals surface area contributed by atoms with Crippen LogP contribution in [0.2, 0.25) is 0 Å². The highest BCUT2D eigenvalue weighted by Crippen LogP contribution is 2.11. The maximum Gasteiger partial charge on any atom is 0.190 e. The van der Waals surface area contributed by atoms with Gasteiger partial charge in [0.1, 0.15) is 11.6 Å². The molecule has 0 saturated heterocycles. The molecule has 23 heavy (non-hydrogen) atoms. The Morgan fingerprint density at radius 3 is 2.70 bits per heavy atom. The van der Waals surface area contributed by atoms with Gasteiger partial charge < -0.3 is 15.4 Å². The first-order chi connectivity index (χ1) is 11.2. The minimum absolute atomic E-state index is 0.361. The summed E-state index contributed by atoms with van der Waals surface area (Å²) in [6.45, 7) is 2.75. The number of nitrogens with zero attached hydrogens (tertiary/aromatic N) is 1. The molecule has 1 aromatic rings. The first kappa shape index (κ1) is 17.4. The summed E-state index contributed by atoms with van der Waals surface area (Å²) in [6, 6.07) is 3.50. The van der Waals surface area contributed by atoms with Gasteiger partial charge in [-0.15, -0.1) is 0 Å². The Morgan fingerprint density at radius 1 is 1.22 bits per heavy atom.